The highest BCUT2D eigenvalue weighted by Gasteiger charge is 2.01. The van der Waals surface area contributed by atoms with Crippen molar-refractivity contribution in [3.8, 4) is 5.75 Å². The second-order valence-corrected chi connectivity index (χ2v) is 2.90. The van der Waals surface area contributed by atoms with E-state index >= 15 is 0 Å². The minimum atomic E-state index is -0.833. The summed E-state index contributed by atoms with van der Waals surface area (Å²) in [7, 11) is 1.57. The summed E-state index contributed by atoms with van der Waals surface area (Å²) in [6, 6.07) is 7.28. The molecule has 0 fully saturated rings. The van der Waals surface area contributed by atoms with Crippen molar-refractivity contribution in [2.75, 3.05) is 12.4 Å². The van der Waals surface area contributed by atoms with E-state index in [1.807, 2.05) is 12.1 Å². The average molecular weight is 225 g/mol. The van der Waals surface area contributed by atoms with Crippen LogP contribution in [0.1, 0.15) is 13.8 Å². The molecule has 88 valence electrons. The maximum atomic E-state index is 10.7. The molecule has 0 heterocycles. The number of methoxy groups -OCH3 is 1. The van der Waals surface area contributed by atoms with Gasteiger partial charge < -0.3 is 15.2 Å². The monoisotopic (exact) mass is 225 g/mol. The Balaban J connectivity index is 0.000000487. The maximum absolute atomic E-state index is 10.7. The van der Waals surface area contributed by atoms with Crippen molar-refractivity contribution in [2.24, 2.45) is 0 Å². The third-order valence-corrected chi connectivity index (χ3v) is 1.42. The van der Waals surface area contributed by atoms with Crippen LogP contribution in [0, 0.1) is 0 Å². The fraction of sp³-hybridized carbons (Fsp3) is 0.273. The zero-order valence-corrected chi connectivity index (χ0v) is 9.48. The average Bonchev–Trinajstić information content (AvgIpc) is 2.17. The summed E-state index contributed by atoms with van der Waals surface area (Å²) in [6.07, 6.45) is 0. The van der Waals surface area contributed by atoms with Crippen molar-refractivity contribution in [3.63, 3.8) is 0 Å². The van der Waals surface area contributed by atoms with E-state index in [9.17, 15) is 4.79 Å². The number of carboxylic acid groups (broad SMARTS) is 1. The molecular formula is C11H15NO4. The Kier molecular flexibility index (Phi) is 6.35. The third-order valence-electron chi connectivity index (χ3n) is 1.42. The van der Waals surface area contributed by atoms with Gasteiger partial charge in [0.05, 0.1) is 12.8 Å². The van der Waals surface area contributed by atoms with Gasteiger partial charge in [-0.05, 0) is 12.1 Å². The minimum absolute atomic E-state index is 0.0977. The van der Waals surface area contributed by atoms with Crippen LogP contribution in [0.4, 0.5) is 5.69 Å². The Morgan fingerprint density at radius 2 is 1.75 bits per heavy atom. The lowest BCUT2D eigenvalue weighted by molar-refractivity contribution is -0.134. The first kappa shape index (κ1) is 14.0. The van der Waals surface area contributed by atoms with E-state index in [1.165, 1.54) is 6.92 Å². The fourth-order valence-corrected chi connectivity index (χ4v) is 0.938. The Morgan fingerprint density at radius 3 is 2.19 bits per heavy atom. The predicted octanol–water partition coefficient (Wildman–Crippen LogP) is 1.74. The van der Waals surface area contributed by atoms with Crippen molar-refractivity contribution in [2.45, 2.75) is 13.8 Å². The summed E-state index contributed by atoms with van der Waals surface area (Å²) >= 11 is 0. The second kappa shape index (κ2) is 7.28. The Hall–Kier alpha value is -2.04. The molecule has 0 aromatic heterocycles. The molecule has 0 atom stereocenters. The molecule has 0 aliphatic rings. The molecule has 1 rings (SSSR count). The number of carbonyl (C=O) groups is 2. The van der Waals surface area contributed by atoms with Crippen molar-refractivity contribution in [1.82, 2.24) is 0 Å². The number of anilines is 1. The van der Waals surface area contributed by atoms with Crippen LogP contribution in [-0.4, -0.2) is 24.1 Å². The summed E-state index contributed by atoms with van der Waals surface area (Å²) in [6.45, 7) is 2.55. The number of para-hydroxylation sites is 2. The van der Waals surface area contributed by atoms with E-state index < -0.39 is 5.97 Å². The number of carbonyl (C=O) groups excluding carboxylic acids is 1. The van der Waals surface area contributed by atoms with E-state index in [1.54, 1.807) is 19.2 Å². The van der Waals surface area contributed by atoms with Crippen LogP contribution in [0.25, 0.3) is 0 Å². The molecule has 0 saturated carbocycles. The van der Waals surface area contributed by atoms with Crippen LogP contribution >= 0.6 is 0 Å². The Labute approximate surface area is 94.0 Å². The van der Waals surface area contributed by atoms with Gasteiger partial charge in [0, 0.05) is 13.8 Å². The summed E-state index contributed by atoms with van der Waals surface area (Å²) < 4.78 is 5.03. The number of amides is 1. The quantitative estimate of drug-likeness (QED) is 0.803. The van der Waals surface area contributed by atoms with Gasteiger partial charge in [0.15, 0.2) is 0 Å². The highest BCUT2D eigenvalue weighted by Crippen LogP contribution is 2.22. The van der Waals surface area contributed by atoms with Gasteiger partial charge in [-0.1, -0.05) is 12.1 Å². The SMILES string of the molecule is CC(=O)O.COc1ccccc1NC(C)=O. The van der Waals surface area contributed by atoms with Crippen molar-refractivity contribution < 1.29 is 19.4 Å². The number of aliphatic carboxylic acids is 1. The molecule has 5 nitrogen and oxygen atoms in total. The summed E-state index contributed by atoms with van der Waals surface area (Å²) in [5.74, 6) is -0.257. The number of rotatable bonds is 2. The van der Waals surface area contributed by atoms with Gasteiger partial charge in [-0.2, -0.15) is 0 Å². The van der Waals surface area contributed by atoms with E-state index in [0.29, 0.717) is 11.4 Å². The largest absolute Gasteiger partial charge is 0.495 e. The first-order valence-electron chi connectivity index (χ1n) is 4.57. The van der Waals surface area contributed by atoms with Gasteiger partial charge in [-0.15, -0.1) is 0 Å². The molecule has 1 aromatic rings. The summed E-state index contributed by atoms with van der Waals surface area (Å²) in [5, 5.41) is 10.1. The lowest BCUT2D eigenvalue weighted by Crippen LogP contribution is -2.06. The Morgan fingerprint density at radius 1 is 1.25 bits per heavy atom. The molecule has 2 N–H and O–H groups in total. The first-order chi connectivity index (χ1) is 7.47. The van der Waals surface area contributed by atoms with Crippen LogP contribution in [0.3, 0.4) is 0 Å². The summed E-state index contributed by atoms with van der Waals surface area (Å²) in [4.78, 5) is 19.7. The van der Waals surface area contributed by atoms with E-state index in [-0.39, 0.29) is 5.91 Å². The number of benzene rings is 1. The van der Waals surface area contributed by atoms with Gasteiger partial charge in [0.1, 0.15) is 5.75 Å². The topological polar surface area (TPSA) is 75.6 Å². The third kappa shape index (κ3) is 6.42. The molecule has 0 aliphatic heterocycles. The van der Waals surface area contributed by atoms with Crippen molar-refractivity contribution in [1.29, 1.82) is 0 Å². The molecule has 0 bridgehead atoms. The number of nitrogens with one attached hydrogen (secondary N) is 1. The van der Waals surface area contributed by atoms with Gasteiger partial charge in [-0.3, -0.25) is 9.59 Å². The van der Waals surface area contributed by atoms with E-state index in [4.69, 9.17) is 14.6 Å². The van der Waals surface area contributed by atoms with Crippen LogP contribution in [0.2, 0.25) is 0 Å². The summed E-state index contributed by atoms with van der Waals surface area (Å²) in [5.41, 5.74) is 0.701. The number of hydrogen-bond acceptors (Lipinski definition) is 3. The highest BCUT2D eigenvalue weighted by molar-refractivity contribution is 5.90. The van der Waals surface area contributed by atoms with Gasteiger partial charge >= 0.3 is 0 Å². The normalized spacial score (nSPS) is 8.44. The second-order valence-electron chi connectivity index (χ2n) is 2.90. The molecule has 0 spiro atoms. The molecule has 1 aromatic carbocycles. The van der Waals surface area contributed by atoms with Crippen LogP contribution in [0.5, 0.6) is 5.75 Å². The van der Waals surface area contributed by atoms with Gasteiger partial charge in [0.25, 0.3) is 5.97 Å². The van der Waals surface area contributed by atoms with Crippen LogP contribution in [-0.2, 0) is 9.59 Å². The molecule has 1 amide bonds. The van der Waals surface area contributed by atoms with Crippen LogP contribution < -0.4 is 10.1 Å². The minimum Gasteiger partial charge on any atom is -0.495 e. The standard InChI is InChI=1S/C9H11NO2.C2H4O2/c1-7(11)10-8-5-3-4-6-9(8)12-2;1-2(3)4/h3-6H,1-2H3,(H,10,11);1H3,(H,3,4). The molecule has 16 heavy (non-hydrogen) atoms. The lowest BCUT2D eigenvalue weighted by Gasteiger charge is -2.07. The zero-order valence-electron chi connectivity index (χ0n) is 9.48. The Bertz CT molecular complexity index is 359. The van der Waals surface area contributed by atoms with E-state index in [2.05, 4.69) is 5.32 Å². The highest BCUT2D eigenvalue weighted by atomic mass is 16.5. The zero-order chi connectivity index (χ0) is 12.6. The molecule has 0 radical (unpaired) electrons. The van der Waals surface area contributed by atoms with Gasteiger partial charge in [0.2, 0.25) is 5.91 Å². The first-order valence-corrected chi connectivity index (χ1v) is 4.57. The van der Waals surface area contributed by atoms with E-state index in [0.717, 1.165) is 6.92 Å². The number of hydrogen-bond donors (Lipinski definition) is 2. The molecule has 0 unspecified atom stereocenters. The predicted molar refractivity (Wildman–Crippen MR) is 60.6 cm³/mol. The van der Waals surface area contributed by atoms with Crippen molar-refractivity contribution in [3.05, 3.63) is 24.3 Å². The van der Waals surface area contributed by atoms with Gasteiger partial charge in [-0.25, -0.2) is 0 Å². The fourth-order valence-electron chi connectivity index (χ4n) is 0.938. The smallest absolute Gasteiger partial charge is 0.300 e. The molecule has 0 saturated heterocycles. The number of ether oxygens (including phenoxy) is 1. The maximum Gasteiger partial charge on any atom is 0.300 e. The van der Waals surface area contributed by atoms with Crippen molar-refractivity contribution >= 4 is 17.6 Å². The number of carboxylic acids is 1. The lowest BCUT2D eigenvalue weighted by atomic mass is 10.3. The van der Waals surface area contributed by atoms with Crippen LogP contribution in [0.15, 0.2) is 24.3 Å². The molecular weight excluding hydrogens is 210 g/mol. The molecule has 5 heteroatoms. The molecule has 0 aliphatic carbocycles.